The largest absolute Gasteiger partial charge is 0.380 e. The van der Waals surface area contributed by atoms with Crippen LogP contribution in [0, 0.1) is 13.8 Å². The highest BCUT2D eigenvalue weighted by atomic mass is 15.4. The van der Waals surface area contributed by atoms with E-state index in [9.17, 15) is 0 Å². The molecular weight excluding hydrogens is 238 g/mol. The van der Waals surface area contributed by atoms with Gasteiger partial charge in [0.25, 0.3) is 0 Å². The number of hydrogen-bond acceptors (Lipinski definition) is 3. The standard InChI is InChI=1S/C14H15N5/c1-10-6-7-12(9-11(10)2)17-19-18-14(15)13-5-3-4-8-16-13/h3-9H,1-2H3,(H2,15,17,18). The summed E-state index contributed by atoms with van der Waals surface area (Å²) in [6.07, 6.45) is 1.65. The molecule has 2 aromatic rings. The van der Waals surface area contributed by atoms with Crippen molar-refractivity contribution in [3.05, 3.63) is 59.4 Å². The van der Waals surface area contributed by atoms with Crippen LogP contribution in [-0.4, -0.2) is 10.8 Å². The first-order chi connectivity index (χ1) is 9.16. The Bertz CT molecular complexity index is 617. The Labute approximate surface area is 111 Å². The average molecular weight is 253 g/mol. The zero-order valence-electron chi connectivity index (χ0n) is 10.9. The molecule has 5 heteroatoms. The third-order valence-corrected chi connectivity index (χ3v) is 2.73. The molecule has 0 atom stereocenters. The van der Waals surface area contributed by atoms with Crippen LogP contribution in [0.2, 0.25) is 0 Å². The summed E-state index contributed by atoms with van der Waals surface area (Å²) in [5, 5.41) is 11.6. The van der Waals surface area contributed by atoms with Crippen LogP contribution < -0.4 is 5.73 Å². The van der Waals surface area contributed by atoms with E-state index < -0.39 is 0 Å². The summed E-state index contributed by atoms with van der Waals surface area (Å²) in [7, 11) is 0. The summed E-state index contributed by atoms with van der Waals surface area (Å²) in [5.74, 6) is 0.244. The molecule has 0 aliphatic heterocycles. The average Bonchev–Trinajstić information content (AvgIpc) is 2.43. The Hall–Kier alpha value is -2.56. The molecule has 1 aromatic carbocycles. The first-order valence-corrected chi connectivity index (χ1v) is 5.89. The van der Waals surface area contributed by atoms with Crippen LogP contribution in [0.5, 0.6) is 0 Å². The van der Waals surface area contributed by atoms with Crippen molar-refractivity contribution in [1.82, 2.24) is 4.98 Å². The van der Waals surface area contributed by atoms with Crippen LogP contribution in [0.4, 0.5) is 5.69 Å². The van der Waals surface area contributed by atoms with Gasteiger partial charge < -0.3 is 5.73 Å². The Kier molecular flexibility index (Phi) is 3.97. The Balaban J connectivity index is 2.13. The number of hydrogen-bond donors (Lipinski definition) is 1. The fraction of sp³-hybridized carbons (Fsp3) is 0.143. The van der Waals surface area contributed by atoms with Gasteiger partial charge in [0.15, 0.2) is 5.84 Å². The van der Waals surface area contributed by atoms with Gasteiger partial charge in [0, 0.05) is 6.20 Å². The predicted octanol–water partition coefficient (Wildman–Crippen LogP) is 3.10. The summed E-state index contributed by atoms with van der Waals surface area (Å²) in [6.45, 7) is 4.08. The molecule has 1 aromatic heterocycles. The lowest BCUT2D eigenvalue weighted by atomic mass is 10.1. The van der Waals surface area contributed by atoms with E-state index in [-0.39, 0.29) is 5.84 Å². The topological polar surface area (TPSA) is 76.0 Å². The number of benzene rings is 1. The van der Waals surface area contributed by atoms with E-state index >= 15 is 0 Å². The lowest BCUT2D eigenvalue weighted by Gasteiger charge is -1.99. The van der Waals surface area contributed by atoms with Crippen molar-refractivity contribution in [2.24, 2.45) is 21.2 Å². The molecular formula is C14H15N5. The lowest BCUT2D eigenvalue weighted by Crippen LogP contribution is -2.13. The highest BCUT2D eigenvalue weighted by Crippen LogP contribution is 2.17. The van der Waals surface area contributed by atoms with Crippen LogP contribution >= 0.6 is 0 Å². The SMILES string of the molecule is Cc1ccc(N=NN=C(N)c2ccccn2)cc1C. The van der Waals surface area contributed by atoms with Crippen molar-refractivity contribution in [2.75, 3.05) is 0 Å². The number of nitrogens with two attached hydrogens (primary N) is 1. The molecule has 96 valence electrons. The van der Waals surface area contributed by atoms with Gasteiger partial charge in [-0.25, -0.2) is 0 Å². The van der Waals surface area contributed by atoms with Gasteiger partial charge in [-0.3, -0.25) is 4.98 Å². The third kappa shape index (κ3) is 3.45. The molecule has 0 unspecified atom stereocenters. The van der Waals surface area contributed by atoms with Crippen molar-refractivity contribution in [1.29, 1.82) is 0 Å². The van der Waals surface area contributed by atoms with Crippen molar-refractivity contribution in [2.45, 2.75) is 13.8 Å². The van der Waals surface area contributed by atoms with Gasteiger partial charge in [-0.15, -0.1) is 10.2 Å². The van der Waals surface area contributed by atoms with Gasteiger partial charge in [0.1, 0.15) is 5.69 Å². The molecule has 0 fully saturated rings. The Morgan fingerprint density at radius 2 is 1.95 bits per heavy atom. The number of amidine groups is 1. The fourth-order valence-corrected chi connectivity index (χ4v) is 1.48. The highest BCUT2D eigenvalue weighted by molar-refractivity contribution is 5.95. The van der Waals surface area contributed by atoms with E-state index in [1.54, 1.807) is 12.3 Å². The van der Waals surface area contributed by atoms with Gasteiger partial charge in [0.2, 0.25) is 0 Å². The molecule has 0 saturated carbocycles. The zero-order chi connectivity index (χ0) is 13.7. The number of nitrogens with zero attached hydrogens (tertiary/aromatic N) is 4. The van der Waals surface area contributed by atoms with E-state index in [4.69, 9.17) is 5.73 Å². The third-order valence-electron chi connectivity index (χ3n) is 2.73. The lowest BCUT2D eigenvalue weighted by molar-refractivity contribution is 1.05. The van der Waals surface area contributed by atoms with Gasteiger partial charge in [-0.2, -0.15) is 0 Å². The molecule has 19 heavy (non-hydrogen) atoms. The van der Waals surface area contributed by atoms with Crippen LogP contribution in [0.25, 0.3) is 0 Å². The van der Waals surface area contributed by atoms with E-state index in [2.05, 4.69) is 20.4 Å². The second kappa shape index (κ2) is 5.86. The molecule has 2 N–H and O–H groups in total. The summed E-state index contributed by atoms with van der Waals surface area (Å²) in [6, 6.07) is 11.3. The van der Waals surface area contributed by atoms with Crippen molar-refractivity contribution < 1.29 is 0 Å². The maximum atomic E-state index is 5.75. The van der Waals surface area contributed by atoms with Gasteiger partial charge >= 0.3 is 0 Å². The quantitative estimate of drug-likeness (QED) is 0.395. The number of pyridine rings is 1. The van der Waals surface area contributed by atoms with Crippen LogP contribution in [0.1, 0.15) is 16.8 Å². The fourth-order valence-electron chi connectivity index (χ4n) is 1.48. The van der Waals surface area contributed by atoms with E-state index in [0.717, 1.165) is 11.3 Å². The molecule has 0 saturated heterocycles. The second-order valence-corrected chi connectivity index (χ2v) is 4.16. The van der Waals surface area contributed by atoms with Crippen LogP contribution in [-0.2, 0) is 0 Å². The summed E-state index contributed by atoms with van der Waals surface area (Å²) in [5.41, 5.74) is 9.47. The molecule has 0 spiro atoms. The maximum Gasteiger partial charge on any atom is 0.173 e. The molecule has 0 radical (unpaired) electrons. The molecule has 0 amide bonds. The molecule has 0 aliphatic rings. The summed E-state index contributed by atoms with van der Waals surface area (Å²) < 4.78 is 0. The molecule has 0 aliphatic carbocycles. The van der Waals surface area contributed by atoms with Crippen LogP contribution in [0.3, 0.4) is 0 Å². The van der Waals surface area contributed by atoms with Crippen molar-refractivity contribution in [3.63, 3.8) is 0 Å². The summed E-state index contributed by atoms with van der Waals surface area (Å²) >= 11 is 0. The van der Waals surface area contributed by atoms with E-state index in [0.29, 0.717) is 5.69 Å². The first kappa shape index (κ1) is 12.9. The zero-order valence-corrected chi connectivity index (χ0v) is 10.9. The monoisotopic (exact) mass is 253 g/mol. The Morgan fingerprint density at radius 1 is 1.11 bits per heavy atom. The number of rotatable bonds is 3. The van der Waals surface area contributed by atoms with Crippen molar-refractivity contribution >= 4 is 11.5 Å². The number of aryl methyl sites for hydroxylation is 2. The minimum Gasteiger partial charge on any atom is -0.380 e. The highest BCUT2D eigenvalue weighted by Gasteiger charge is 1.97. The maximum absolute atomic E-state index is 5.75. The minimum absolute atomic E-state index is 0.244. The van der Waals surface area contributed by atoms with Gasteiger partial charge in [0.05, 0.1) is 5.69 Å². The van der Waals surface area contributed by atoms with Crippen LogP contribution in [0.15, 0.2) is 58.0 Å². The molecule has 2 rings (SSSR count). The van der Waals surface area contributed by atoms with E-state index in [1.807, 2.05) is 44.2 Å². The number of aromatic nitrogens is 1. The minimum atomic E-state index is 0.244. The molecule has 1 heterocycles. The molecule has 0 bridgehead atoms. The second-order valence-electron chi connectivity index (χ2n) is 4.16. The van der Waals surface area contributed by atoms with Gasteiger partial charge in [-0.05, 0) is 54.5 Å². The first-order valence-electron chi connectivity index (χ1n) is 5.89. The predicted molar refractivity (Wildman–Crippen MR) is 75.4 cm³/mol. The summed E-state index contributed by atoms with van der Waals surface area (Å²) in [4.78, 5) is 4.07. The van der Waals surface area contributed by atoms with E-state index in [1.165, 1.54) is 5.56 Å². The Morgan fingerprint density at radius 3 is 2.63 bits per heavy atom. The smallest absolute Gasteiger partial charge is 0.173 e. The molecule has 5 nitrogen and oxygen atoms in total. The normalized spacial score (nSPS) is 12.0. The van der Waals surface area contributed by atoms with Gasteiger partial charge in [-0.1, -0.05) is 12.1 Å². The van der Waals surface area contributed by atoms with Crippen molar-refractivity contribution in [3.8, 4) is 0 Å².